The minimum absolute atomic E-state index is 0.0174. The Balaban J connectivity index is 1.93. The number of aryl methyl sites for hydroxylation is 1. The van der Waals surface area contributed by atoms with Crippen molar-refractivity contribution in [3.8, 4) is 5.75 Å². The highest BCUT2D eigenvalue weighted by Gasteiger charge is 2.32. The third-order valence-electron chi connectivity index (χ3n) is 4.16. The molecule has 4 nitrogen and oxygen atoms in total. The van der Waals surface area contributed by atoms with Crippen LogP contribution in [-0.2, 0) is 4.79 Å². The molecule has 1 fully saturated rings. The Kier molecular flexibility index (Phi) is 6.71. The molecule has 3 rings (SSSR count). The highest BCUT2D eigenvalue weighted by atomic mass is 32.2. The zero-order valence-electron chi connectivity index (χ0n) is 16.2. The normalized spacial score (nSPS) is 16.8. The molecule has 1 aliphatic rings. The minimum atomic E-state index is -0.0174. The van der Waals surface area contributed by atoms with Crippen LogP contribution in [0.4, 0.5) is 5.69 Å². The summed E-state index contributed by atoms with van der Waals surface area (Å²) in [6.07, 6.45) is 4.45. The van der Waals surface area contributed by atoms with Gasteiger partial charge < -0.3 is 4.74 Å². The van der Waals surface area contributed by atoms with E-state index < -0.39 is 0 Å². The van der Waals surface area contributed by atoms with Gasteiger partial charge in [-0.3, -0.25) is 9.69 Å². The maximum atomic E-state index is 13.0. The molecule has 1 aliphatic heterocycles. The average molecular weight is 393 g/mol. The van der Waals surface area contributed by atoms with E-state index in [4.69, 9.17) is 9.73 Å². The number of thioether (sulfide) groups is 1. The van der Waals surface area contributed by atoms with Gasteiger partial charge in [-0.15, -0.1) is 0 Å². The third kappa shape index (κ3) is 4.73. The fraction of sp³-hybridized carbons (Fsp3) is 0.217. The number of hydrogen-bond acceptors (Lipinski definition) is 4. The summed E-state index contributed by atoms with van der Waals surface area (Å²) in [5.74, 6) is 0.713. The number of aliphatic imine (C=N–C) groups is 1. The summed E-state index contributed by atoms with van der Waals surface area (Å²) < 4.78 is 5.71. The van der Waals surface area contributed by atoms with E-state index >= 15 is 0 Å². The number of hydrogen-bond donors (Lipinski definition) is 0. The monoisotopic (exact) mass is 392 g/mol. The first-order chi connectivity index (χ1) is 13.6. The van der Waals surface area contributed by atoms with E-state index in [0.29, 0.717) is 23.2 Å². The largest absolute Gasteiger partial charge is 0.489 e. The van der Waals surface area contributed by atoms with Gasteiger partial charge in [-0.05, 0) is 49.4 Å². The molecule has 0 aliphatic carbocycles. The fourth-order valence-corrected chi connectivity index (χ4v) is 3.78. The zero-order chi connectivity index (χ0) is 19.9. The van der Waals surface area contributed by atoms with E-state index in [1.165, 1.54) is 17.3 Å². The molecule has 1 amide bonds. The number of amidine groups is 1. The molecule has 0 unspecified atom stereocenters. The molecule has 28 heavy (non-hydrogen) atoms. The molecule has 0 atom stereocenters. The lowest BCUT2D eigenvalue weighted by Crippen LogP contribution is -2.29. The molecule has 144 valence electrons. The molecule has 0 spiro atoms. The Morgan fingerprint density at radius 2 is 1.93 bits per heavy atom. The smallest absolute Gasteiger partial charge is 0.266 e. The second-order valence-electron chi connectivity index (χ2n) is 6.43. The molecular formula is C23H24N2O2S. The van der Waals surface area contributed by atoms with Crippen LogP contribution in [0, 0.1) is 6.92 Å². The Bertz CT molecular complexity index is 916. The summed E-state index contributed by atoms with van der Waals surface area (Å²) in [5, 5.41) is 0.714. The molecular weight excluding hydrogens is 368 g/mol. The maximum absolute atomic E-state index is 13.0. The van der Waals surface area contributed by atoms with Crippen LogP contribution in [0.5, 0.6) is 5.75 Å². The summed E-state index contributed by atoms with van der Waals surface area (Å²) in [4.78, 5) is 20.1. The number of amides is 1. The van der Waals surface area contributed by atoms with Crippen molar-refractivity contribution < 1.29 is 9.53 Å². The summed E-state index contributed by atoms with van der Waals surface area (Å²) in [6.45, 7) is 8.85. The SMILES string of the molecule is C=CCOc1ccccc1/C=C1/SC(=Nc2ccc(C)cc2)N(CCC)C1=O. The quantitative estimate of drug-likeness (QED) is 0.457. The number of para-hydroxylation sites is 1. The van der Waals surface area contributed by atoms with Crippen LogP contribution in [0.3, 0.4) is 0 Å². The van der Waals surface area contributed by atoms with Gasteiger partial charge in [0.2, 0.25) is 0 Å². The standard InChI is InChI=1S/C23H24N2O2S/c1-4-14-25-22(26)21(16-18-8-6-7-9-20(18)27-15-5-2)28-23(25)24-19-12-10-17(3)11-13-19/h5-13,16H,2,4,14-15H2,1,3H3/b21-16+,24-23?. The number of nitrogens with zero attached hydrogens (tertiary/aromatic N) is 2. The molecule has 0 radical (unpaired) electrons. The summed E-state index contributed by atoms with van der Waals surface area (Å²) in [5.41, 5.74) is 2.90. The highest BCUT2D eigenvalue weighted by molar-refractivity contribution is 8.18. The summed E-state index contributed by atoms with van der Waals surface area (Å²) in [6, 6.07) is 15.7. The lowest BCUT2D eigenvalue weighted by molar-refractivity contribution is -0.122. The van der Waals surface area contributed by atoms with Crippen molar-refractivity contribution in [2.45, 2.75) is 20.3 Å². The lowest BCUT2D eigenvalue weighted by atomic mass is 10.2. The van der Waals surface area contributed by atoms with Gasteiger partial charge in [-0.25, -0.2) is 4.99 Å². The van der Waals surface area contributed by atoms with Gasteiger partial charge in [0, 0.05) is 12.1 Å². The third-order valence-corrected chi connectivity index (χ3v) is 5.16. The van der Waals surface area contributed by atoms with Crippen LogP contribution in [0.2, 0.25) is 0 Å². The number of benzene rings is 2. The number of rotatable bonds is 7. The van der Waals surface area contributed by atoms with Crippen LogP contribution >= 0.6 is 11.8 Å². The van der Waals surface area contributed by atoms with Crippen molar-refractivity contribution in [2.75, 3.05) is 13.2 Å². The first-order valence-corrected chi connectivity index (χ1v) is 10.1. The van der Waals surface area contributed by atoms with E-state index in [-0.39, 0.29) is 5.91 Å². The second-order valence-corrected chi connectivity index (χ2v) is 7.44. The molecule has 0 N–H and O–H groups in total. The predicted molar refractivity (Wildman–Crippen MR) is 118 cm³/mol. The average Bonchev–Trinajstić information content (AvgIpc) is 2.98. The van der Waals surface area contributed by atoms with Crippen LogP contribution in [0.25, 0.3) is 6.08 Å². The van der Waals surface area contributed by atoms with Crippen molar-refractivity contribution in [3.63, 3.8) is 0 Å². The van der Waals surface area contributed by atoms with Crippen molar-refractivity contribution in [1.82, 2.24) is 4.90 Å². The Labute approximate surface area is 170 Å². The van der Waals surface area contributed by atoms with E-state index in [0.717, 1.165) is 23.4 Å². The number of ether oxygens (including phenoxy) is 1. The minimum Gasteiger partial charge on any atom is -0.489 e. The van der Waals surface area contributed by atoms with Crippen LogP contribution < -0.4 is 4.74 Å². The van der Waals surface area contributed by atoms with Gasteiger partial charge in [0.05, 0.1) is 10.6 Å². The van der Waals surface area contributed by atoms with Crippen molar-refractivity contribution in [1.29, 1.82) is 0 Å². The topological polar surface area (TPSA) is 41.9 Å². The Morgan fingerprint density at radius 1 is 1.18 bits per heavy atom. The molecule has 1 heterocycles. The molecule has 5 heteroatoms. The molecule has 0 saturated carbocycles. The second kappa shape index (κ2) is 9.42. The van der Waals surface area contributed by atoms with E-state index in [1.54, 1.807) is 11.0 Å². The van der Waals surface area contributed by atoms with Gasteiger partial charge >= 0.3 is 0 Å². The molecule has 0 bridgehead atoms. The predicted octanol–water partition coefficient (Wildman–Crippen LogP) is 5.57. The fourth-order valence-electron chi connectivity index (χ4n) is 2.76. The van der Waals surface area contributed by atoms with Crippen LogP contribution in [0.15, 0.2) is 71.1 Å². The van der Waals surface area contributed by atoms with Gasteiger partial charge in [-0.2, -0.15) is 0 Å². The Morgan fingerprint density at radius 3 is 2.64 bits per heavy atom. The lowest BCUT2D eigenvalue weighted by Gasteiger charge is -2.14. The van der Waals surface area contributed by atoms with Crippen LogP contribution in [0.1, 0.15) is 24.5 Å². The van der Waals surface area contributed by atoms with Crippen molar-refractivity contribution >= 4 is 34.6 Å². The summed E-state index contributed by atoms with van der Waals surface area (Å²) in [7, 11) is 0. The van der Waals surface area contributed by atoms with E-state index in [2.05, 4.69) is 13.5 Å². The first-order valence-electron chi connectivity index (χ1n) is 9.32. The molecule has 1 saturated heterocycles. The molecule has 2 aromatic rings. The maximum Gasteiger partial charge on any atom is 0.266 e. The summed E-state index contributed by atoms with van der Waals surface area (Å²) >= 11 is 1.41. The van der Waals surface area contributed by atoms with Crippen LogP contribution in [-0.4, -0.2) is 29.1 Å². The van der Waals surface area contributed by atoms with Gasteiger partial charge in [-0.1, -0.05) is 55.5 Å². The van der Waals surface area contributed by atoms with Crippen molar-refractivity contribution in [2.24, 2.45) is 4.99 Å². The van der Waals surface area contributed by atoms with Gasteiger partial charge in [0.15, 0.2) is 5.17 Å². The van der Waals surface area contributed by atoms with Crippen molar-refractivity contribution in [3.05, 3.63) is 77.2 Å². The number of carbonyl (C=O) groups is 1. The highest BCUT2D eigenvalue weighted by Crippen LogP contribution is 2.35. The first kappa shape index (κ1) is 20.0. The van der Waals surface area contributed by atoms with Gasteiger partial charge in [0.1, 0.15) is 12.4 Å². The van der Waals surface area contributed by atoms with Gasteiger partial charge in [0.25, 0.3) is 5.91 Å². The zero-order valence-corrected chi connectivity index (χ0v) is 17.0. The number of carbonyl (C=O) groups excluding carboxylic acids is 1. The van der Waals surface area contributed by atoms with E-state index in [9.17, 15) is 4.79 Å². The molecule has 0 aromatic heterocycles. The molecule has 2 aromatic carbocycles. The Hall–Kier alpha value is -2.79. The van der Waals surface area contributed by atoms with E-state index in [1.807, 2.05) is 61.5 Å².